The van der Waals surface area contributed by atoms with Crippen molar-refractivity contribution in [3.8, 4) is 11.1 Å². The molecule has 0 bridgehead atoms. The van der Waals surface area contributed by atoms with E-state index in [9.17, 15) is 0 Å². The summed E-state index contributed by atoms with van der Waals surface area (Å²) >= 11 is 0. The van der Waals surface area contributed by atoms with E-state index in [4.69, 9.17) is 0 Å². The minimum absolute atomic E-state index is 0.760. The summed E-state index contributed by atoms with van der Waals surface area (Å²) in [7, 11) is 0. The van der Waals surface area contributed by atoms with Crippen molar-refractivity contribution < 1.29 is 0 Å². The van der Waals surface area contributed by atoms with Gasteiger partial charge in [-0.1, -0.05) is 78.9 Å². The van der Waals surface area contributed by atoms with Gasteiger partial charge in [0.25, 0.3) is 0 Å². The lowest BCUT2D eigenvalue weighted by Crippen LogP contribution is -2.17. The Balaban J connectivity index is 1.19. The summed E-state index contributed by atoms with van der Waals surface area (Å²) < 4.78 is 0. The SMILES string of the molecule is C1=CCC2CCC3=C(CCC(c4cccc(-c5cccc(C6=CC7=C(C=CCC7)CC6)c5)c4)=C3)C2=C1. The fourth-order valence-corrected chi connectivity index (χ4v) is 6.92. The Hall–Kier alpha value is -3.38. The van der Waals surface area contributed by atoms with Crippen LogP contribution in [0.15, 0.2) is 119 Å². The molecule has 1 atom stereocenters. The molecule has 0 spiro atoms. The molecular weight excluding hydrogens is 432 g/mol. The van der Waals surface area contributed by atoms with Gasteiger partial charge in [0.15, 0.2) is 0 Å². The van der Waals surface area contributed by atoms with Crippen molar-refractivity contribution in [2.45, 2.75) is 57.8 Å². The summed E-state index contributed by atoms with van der Waals surface area (Å²) in [4.78, 5) is 0. The van der Waals surface area contributed by atoms with Crippen LogP contribution in [0.5, 0.6) is 0 Å². The van der Waals surface area contributed by atoms with E-state index in [1.165, 1.54) is 78.3 Å². The van der Waals surface area contributed by atoms with Crippen LogP contribution in [-0.4, -0.2) is 0 Å². The van der Waals surface area contributed by atoms with E-state index in [-0.39, 0.29) is 0 Å². The van der Waals surface area contributed by atoms with Crippen molar-refractivity contribution in [1.29, 1.82) is 0 Å². The third-order valence-electron chi connectivity index (χ3n) is 8.89. The smallest absolute Gasteiger partial charge is 0.0121 e. The van der Waals surface area contributed by atoms with Crippen LogP contribution >= 0.6 is 0 Å². The largest absolute Gasteiger partial charge is 0.0839 e. The molecule has 0 saturated heterocycles. The number of hydrogen-bond donors (Lipinski definition) is 0. The van der Waals surface area contributed by atoms with Crippen molar-refractivity contribution >= 4 is 11.1 Å². The van der Waals surface area contributed by atoms with Crippen LogP contribution in [0.2, 0.25) is 0 Å². The molecule has 0 saturated carbocycles. The average molecular weight is 467 g/mol. The average Bonchev–Trinajstić information content (AvgIpc) is 2.96. The Bertz CT molecular complexity index is 1440. The molecule has 1 unspecified atom stereocenters. The molecule has 2 aromatic carbocycles. The zero-order chi connectivity index (χ0) is 23.9. The van der Waals surface area contributed by atoms with Gasteiger partial charge in [0.05, 0.1) is 0 Å². The maximum Gasteiger partial charge on any atom is -0.0121 e. The van der Waals surface area contributed by atoms with Gasteiger partial charge in [0, 0.05) is 0 Å². The second kappa shape index (κ2) is 9.25. The highest BCUT2D eigenvalue weighted by molar-refractivity contribution is 5.79. The zero-order valence-electron chi connectivity index (χ0n) is 21.1. The Kier molecular flexibility index (Phi) is 5.62. The van der Waals surface area contributed by atoms with Crippen molar-refractivity contribution in [2.24, 2.45) is 5.92 Å². The Morgan fingerprint density at radius 2 is 1.33 bits per heavy atom. The minimum atomic E-state index is 0.760. The molecule has 0 fully saturated rings. The highest BCUT2D eigenvalue weighted by atomic mass is 14.3. The van der Waals surface area contributed by atoms with Crippen molar-refractivity contribution in [3.05, 3.63) is 130 Å². The Morgan fingerprint density at radius 1 is 0.611 bits per heavy atom. The van der Waals surface area contributed by atoms with Crippen LogP contribution in [0.4, 0.5) is 0 Å². The topological polar surface area (TPSA) is 0 Å². The molecule has 0 nitrogen and oxygen atoms in total. The van der Waals surface area contributed by atoms with Gasteiger partial charge in [-0.3, -0.25) is 0 Å². The molecule has 0 heteroatoms. The molecule has 0 aromatic heterocycles. The first-order chi connectivity index (χ1) is 17.8. The van der Waals surface area contributed by atoms with Gasteiger partial charge >= 0.3 is 0 Å². The summed E-state index contributed by atoms with van der Waals surface area (Å²) in [5, 5.41) is 0. The standard InChI is InChI=1S/C36H34/c1-2-9-27-21-32(17-15-25(27)7-1)30-12-5-10-28(22-30)29-11-6-13-31(23-29)33-19-20-36-34(24-33)18-16-26-8-3-4-14-35(26)36/h1,3-7,10-14,21-24,26H,2,8-9,15-20H2. The first kappa shape index (κ1) is 21.9. The summed E-state index contributed by atoms with van der Waals surface area (Å²) in [6, 6.07) is 18.5. The molecule has 2 aromatic rings. The van der Waals surface area contributed by atoms with Crippen LogP contribution in [0.25, 0.3) is 22.3 Å². The highest BCUT2D eigenvalue weighted by Crippen LogP contribution is 2.45. The summed E-state index contributed by atoms with van der Waals surface area (Å²) in [5.74, 6) is 0.760. The lowest BCUT2D eigenvalue weighted by molar-refractivity contribution is 0.538. The van der Waals surface area contributed by atoms with Gasteiger partial charge in [-0.25, -0.2) is 0 Å². The third-order valence-corrected chi connectivity index (χ3v) is 8.89. The first-order valence-electron chi connectivity index (χ1n) is 13.9. The number of allylic oxidation sites excluding steroid dienone is 14. The van der Waals surface area contributed by atoms with E-state index in [1.54, 1.807) is 27.9 Å². The number of fused-ring (bicyclic) bond motifs is 2. The zero-order valence-corrected chi connectivity index (χ0v) is 21.1. The van der Waals surface area contributed by atoms with Crippen LogP contribution in [0, 0.1) is 5.92 Å². The third kappa shape index (κ3) is 4.03. The molecular formula is C36H34. The van der Waals surface area contributed by atoms with Crippen LogP contribution in [0.1, 0.15) is 68.9 Å². The summed E-state index contributed by atoms with van der Waals surface area (Å²) in [5.41, 5.74) is 16.4. The van der Waals surface area contributed by atoms with Crippen LogP contribution in [0.3, 0.4) is 0 Å². The van der Waals surface area contributed by atoms with Gasteiger partial charge in [0.1, 0.15) is 0 Å². The lowest BCUT2D eigenvalue weighted by atomic mass is 9.72. The van der Waals surface area contributed by atoms with E-state index in [1.807, 2.05) is 0 Å². The molecule has 0 aliphatic heterocycles. The molecule has 0 N–H and O–H groups in total. The Morgan fingerprint density at radius 3 is 2.14 bits per heavy atom. The number of benzene rings is 2. The normalized spacial score (nSPS) is 22.9. The van der Waals surface area contributed by atoms with Crippen molar-refractivity contribution in [1.82, 2.24) is 0 Å². The maximum atomic E-state index is 2.53. The quantitative estimate of drug-likeness (QED) is 0.422. The second-order valence-corrected chi connectivity index (χ2v) is 11.0. The van der Waals surface area contributed by atoms with E-state index >= 15 is 0 Å². The lowest BCUT2D eigenvalue weighted by Gasteiger charge is -2.33. The van der Waals surface area contributed by atoms with E-state index in [2.05, 4.69) is 91.1 Å². The fraction of sp³-hybridized carbons (Fsp3) is 0.278. The van der Waals surface area contributed by atoms with Crippen molar-refractivity contribution in [3.63, 3.8) is 0 Å². The summed E-state index contributed by atoms with van der Waals surface area (Å²) in [6.45, 7) is 0. The first-order valence-corrected chi connectivity index (χ1v) is 13.9. The molecule has 0 heterocycles. The molecule has 5 aliphatic rings. The maximum absolute atomic E-state index is 2.53. The van der Waals surface area contributed by atoms with Crippen LogP contribution < -0.4 is 0 Å². The molecule has 178 valence electrons. The van der Waals surface area contributed by atoms with E-state index in [0.29, 0.717) is 0 Å². The fourth-order valence-electron chi connectivity index (χ4n) is 6.92. The van der Waals surface area contributed by atoms with Gasteiger partial charge in [-0.2, -0.15) is 0 Å². The predicted molar refractivity (Wildman–Crippen MR) is 153 cm³/mol. The van der Waals surface area contributed by atoms with Crippen LogP contribution in [-0.2, 0) is 0 Å². The Labute approximate surface area is 215 Å². The van der Waals surface area contributed by atoms with E-state index in [0.717, 1.165) is 18.8 Å². The summed E-state index contributed by atoms with van der Waals surface area (Å²) in [6.07, 6.45) is 27.5. The number of rotatable bonds is 3. The molecule has 5 aliphatic carbocycles. The highest BCUT2D eigenvalue weighted by Gasteiger charge is 2.28. The van der Waals surface area contributed by atoms with Gasteiger partial charge in [0.2, 0.25) is 0 Å². The molecule has 36 heavy (non-hydrogen) atoms. The van der Waals surface area contributed by atoms with Gasteiger partial charge in [-0.05, 0) is 137 Å². The minimum Gasteiger partial charge on any atom is -0.0839 e. The predicted octanol–water partition coefficient (Wildman–Crippen LogP) is 9.95. The van der Waals surface area contributed by atoms with Crippen molar-refractivity contribution in [2.75, 3.05) is 0 Å². The monoisotopic (exact) mass is 466 g/mol. The van der Waals surface area contributed by atoms with E-state index < -0.39 is 0 Å². The molecule has 0 radical (unpaired) electrons. The van der Waals surface area contributed by atoms with Gasteiger partial charge < -0.3 is 0 Å². The number of hydrogen-bond acceptors (Lipinski definition) is 0. The van der Waals surface area contributed by atoms with Gasteiger partial charge in [-0.15, -0.1) is 0 Å². The molecule has 0 amide bonds. The second-order valence-electron chi connectivity index (χ2n) is 11.0. The molecule has 7 rings (SSSR count).